The Morgan fingerprint density at radius 3 is 2.30 bits per heavy atom. The van der Waals surface area contributed by atoms with Crippen molar-refractivity contribution in [2.24, 2.45) is 0 Å². The van der Waals surface area contributed by atoms with Gasteiger partial charge >= 0.3 is 0 Å². The first-order chi connectivity index (χ1) is 4.83. The molecular weight excluding hydrogens is 148 g/mol. The van der Waals surface area contributed by atoms with Crippen molar-refractivity contribution in [1.29, 1.82) is 0 Å². The summed E-state index contributed by atoms with van der Waals surface area (Å²) in [5.74, 6) is 0. The highest BCUT2D eigenvalue weighted by molar-refractivity contribution is 7.93. The summed E-state index contributed by atoms with van der Waals surface area (Å²) in [7, 11) is 2.14. The van der Waals surface area contributed by atoms with Gasteiger partial charge in [0, 0.05) is 44.5 Å². The summed E-state index contributed by atoms with van der Waals surface area (Å²) in [6, 6.07) is 0. The molecule has 0 aromatic rings. The lowest BCUT2D eigenvalue weighted by Crippen LogP contribution is -2.43. The minimum absolute atomic E-state index is 1.03. The Morgan fingerprint density at radius 2 is 1.80 bits per heavy atom. The van der Waals surface area contributed by atoms with Crippen LogP contribution in [0.25, 0.3) is 0 Å². The van der Waals surface area contributed by atoms with Gasteiger partial charge in [0.15, 0.2) is 0 Å². The molecule has 0 saturated carbocycles. The van der Waals surface area contributed by atoms with Crippen LogP contribution >= 0.6 is 12.0 Å². The molecule has 0 aromatic heterocycles. The minimum Gasteiger partial charge on any atom is -0.304 e. The van der Waals surface area contributed by atoms with Crippen molar-refractivity contribution in [3.8, 4) is 0 Å². The van der Waals surface area contributed by atoms with Gasteiger partial charge in [-0.05, 0) is 7.05 Å². The lowest BCUT2D eigenvalue weighted by Gasteiger charge is -2.30. The highest BCUT2D eigenvalue weighted by atomic mass is 32.2. The third kappa shape index (κ3) is 2.46. The fraction of sp³-hybridized carbons (Fsp3) is 1.00. The predicted molar refractivity (Wildman–Crippen MR) is 43.7 cm³/mol. The highest BCUT2D eigenvalue weighted by Gasteiger charge is 2.13. The Bertz CT molecular complexity index is 93.7. The van der Waals surface area contributed by atoms with Crippen molar-refractivity contribution >= 4 is 12.0 Å². The zero-order valence-electron chi connectivity index (χ0n) is 6.54. The van der Waals surface area contributed by atoms with E-state index in [2.05, 4.69) is 11.9 Å². The van der Waals surface area contributed by atoms with Crippen molar-refractivity contribution < 1.29 is 4.28 Å². The topological polar surface area (TPSA) is 15.7 Å². The molecule has 0 aromatic carbocycles. The van der Waals surface area contributed by atoms with Gasteiger partial charge in [-0.15, -0.1) is 0 Å². The first-order valence-corrected chi connectivity index (χ1v) is 4.62. The van der Waals surface area contributed by atoms with Crippen molar-refractivity contribution in [3.63, 3.8) is 0 Å². The number of hydroxylamine groups is 2. The van der Waals surface area contributed by atoms with Gasteiger partial charge in [0.05, 0.1) is 0 Å². The second-order valence-electron chi connectivity index (χ2n) is 2.47. The summed E-state index contributed by atoms with van der Waals surface area (Å²) in [6.45, 7) is 4.27. The minimum atomic E-state index is 1.03. The second-order valence-corrected chi connectivity index (χ2v) is 2.96. The Hall–Kier alpha value is 0.230. The van der Waals surface area contributed by atoms with Gasteiger partial charge in [-0.2, -0.15) is 5.06 Å². The fourth-order valence-electron chi connectivity index (χ4n) is 0.968. The number of nitrogens with zero attached hydrogens (tertiary/aromatic N) is 2. The van der Waals surface area contributed by atoms with Crippen molar-refractivity contribution in [2.45, 2.75) is 0 Å². The highest BCUT2D eigenvalue weighted by Crippen LogP contribution is 2.05. The number of rotatable bonds is 2. The summed E-state index contributed by atoms with van der Waals surface area (Å²) in [5.41, 5.74) is 0. The van der Waals surface area contributed by atoms with Crippen molar-refractivity contribution in [1.82, 2.24) is 9.96 Å². The molecule has 0 aliphatic carbocycles. The average molecular weight is 162 g/mol. The molecule has 60 valence electrons. The van der Waals surface area contributed by atoms with Crippen LogP contribution in [0.4, 0.5) is 0 Å². The van der Waals surface area contributed by atoms with Crippen LogP contribution in [-0.2, 0) is 4.28 Å². The third-order valence-electron chi connectivity index (χ3n) is 1.64. The smallest absolute Gasteiger partial charge is 0.0380 e. The van der Waals surface area contributed by atoms with Gasteiger partial charge < -0.3 is 4.90 Å². The van der Waals surface area contributed by atoms with Gasteiger partial charge in [-0.25, -0.2) is 4.28 Å². The number of hydrogen-bond donors (Lipinski definition) is 0. The van der Waals surface area contributed by atoms with Gasteiger partial charge in [-0.1, -0.05) is 0 Å². The molecule has 3 nitrogen and oxygen atoms in total. The van der Waals surface area contributed by atoms with Crippen LogP contribution < -0.4 is 0 Å². The molecule has 0 bridgehead atoms. The normalized spacial score (nSPS) is 23.4. The molecule has 1 heterocycles. The van der Waals surface area contributed by atoms with Crippen molar-refractivity contribution in [3.05, 3.63) is 0 Å². The molecule has 0 unspecified atom stereocenters. The SMILES string of the molecule is CSON1CCN(C)CC1. The molecule has 0 radical (unpaired) electrons. The van der Waals surface area contributed by atoms with E-state index >= 15 is 0 Å². The van der Waals surface area contributed by atoms with Crippen LogP contribution in [0.3, 0.4) is 0 Å². The Kier molecular flexibility index (Phi) is 3.48. The summed E-state index contributed by atoms with van der Waals surface area (Å²) < 4.78 is 5.25. The quantitative estimate of drug-likeness (QED) is 0.547. The summed E-state index contributed by atoms with van der Waals surface area (Å²) in [6.07, 6.45) is 1.94. The lowest BCUT2D eigenvalue weighted by atomic mass is 10.4. The molecule has 10 heavy (non-hydrogen) atoms. The van der Waals surface area contributed by atoms with E-state index in [1.54, 1.807) is 0 Å². The van der Waals surface area contributed by atoms with E-state index in [0.717, 1.165) is 26.2 Å². The van der Waals surface area contributed by atoms with Gasteiger partial charge in [0.2, 0.25) is 0 Å². The maximum atomic E-state index is 5.25. The molecule has 1 saturated heterocycles. The molecule has 0 atom stereocenters. The summed E-state index contributed by atoms with van der Waals surface area (Å²) in [4.78, 5) is 2.31. The number of piperazine rings is 1. The van der Waals surface area contributed by atoms with Crippen molar-refractivity contribution in [2.75, 3.05) is 39.5 Å². The van der Waals surface area contributed by atoms with Gasteiger partial charge in [0.1, 0.15) is 0 Å². The molecule has 0 amide bonds. The fourth-order valence-corrected chi connectivity index (χ4v) is 1.33. The second kappa shape index (κ2) is 4.18. The van der Waals surface area contributed by atoms with Crippen LogP contribution in [0.15, 0.2) is 0 Å². The summed E-state index contributed by atoms with van der Waals surface area (Å²) >= 11 is 1.42. The van der Waals surface area contributed by atoms with E-state index in [1.807, 2.05) is 11.3 Å². The molecule has 4 heteroatoms. The van der Waals surface area contributed by atoms with Gasteiger partial charge in [0.25, 0.3) is 0 Å². The van der Waals surface area contributed by atoms with Gasteiger partial charge in [-0.3, -0.25) is 0 Å². The maximum absolute atomic E-state index is 5.25. The third-order valence-corrected chi connectivity index (χ3v) is 2.00. The van der Waals surface area contributed by atoms with E-state index < -0.39 is 0 Å². The first kappa shape index (κ1) is 8.33. The molecule has 0 spiro atoms. The molecule has 1 aliphatic heterocycles. The Morgan fingerprint density at radius 1 is 1.20 bits per heavy atom. The zero-order chi connectivity index (χ0) is 7.40. The molecular formula is C6H14N2OS. The van der Waals surface area contributed by atoms with Crippen LogP contribution in [0.1, 0.15) is 0 Å². The molecule has 0 N–H and O–H groups in total. The molecule has 1 fully saturated rings. The van der Waals surface area contributed by atoms with Crippen LogP contribution in [-0.4, -0.2) is 49.4 Å². The Balaban J connectivity index is 2.13. The average Bonchev–Trinajstić information content (AvgIpc) is 1.95. The standard InChI is InChI=1S/C6H14N2OS/c1-7-3-5-8(6-4-7)9-10-2/h3-6H2,1-2H3. The van der Waals surface area contributed by atoms with E-state index in [-0.39, 0.29) is 0 Å². The van der Waals surface area contributed by atoms with E-state index in [0.29, 0.717) is 0 Å². The number of likely N-dealkylation sites (N-methyl/N-ethyl adjacent to an activating group) is 1. The van der Waals surface area contributed by atoms with Crippen LogP contribution in [0.5, 0.6) is 0 Å². The van der Waals surface area contributed by atoms with Crippen LogP contribution in [0.2, 0.25) is 0 Å². The van der Waals surface area contributed by atoms with Crippen LogP contribution in [0, 0.1) is 0 Å². The maximum Gasteiger partial charge on any atom is 0.0380 e. The monoisotopic (exact) mass is 162 g/mol. The Labute approximate surface area is 66.5 Å². The number of hydrogen-bond acceptors (Lipinski definition) is 4. The summed E-state index contributed by atoms with van der Waals surface area (Å²) in [5, 5.41) is 2.00. The van der Waals surface area contributed by atoms with E-state index in [4.69, 9.17) is 4.28 Å². The van der Waals surface area contributed by atoms with E-state index in [9.17, 15) is 0 Å². The lowest BCUT2D eigenvalue weighted by molar-refractivity contribution is -0.0668. The zero-order valence-corrected chi connectivity index (χ0v) is 7.36. The molecule has 1 rings (SSSR count). The molecule has 1 aliphatic rings. The van der Waals surface area contributed by atoms with E-state index in [1.165, 1.54) is 12.0 Å². The largest absolute Gasteiger partial charge is 0.304 e. The predicted octanol–water partition coefficient (Wildman–Crippen LogP) is 0.443. The first-order valence-electron chi connectivity index (χ1n) is 3.47.